The molecule has 2 aromatic heterocycles. The van der Waals surface area contributed by atoms with Crippen LogP contribution < -0.4 is 5.73 Å². The van der Waals surface area contributed by atoms with Gasteiger partial charge in [-0.3, -0.25) is 4.57 Å². The zero-order valence-corrected chi connectivity index (χ0v) is 9.80. The fraction of sp³-hybridized carbons (Fsp3) is 0.154. The number of rotatable bonds is 2. The smallest absolute Gasteiger partial charge is 0.201 e. The first-order valence-electron chi connectivity index (χ1n) is 5.64. The molecule has 92 valence electrons. The summed E-state index contributed by atoms with van der Waals surface area (Å²) >= 11 is 0. The van der Waals surface area contributed by atoms with E-state index in [1.54, 1.807) is 29.0 Å². The summed E-state index contributed by atoms with van der Waals surface area (Å²) in [5.74, 6) is 0.651. The molecule has 0 saturated carbocycles. The van der Waals surface area contributed by atoms with Crippen LogP contribution in [0.5, 0.6) is 0 Å². The molecular formula is C13H12FN3O. The lowest BCUT2D eigenvalue weighted by Gasteiger charge is -2.13. The standard InChI is InChI=1S/C13H12FN3O/c1-8(11-6-3-7-18-11)17-12-9(14)4-2-5-10(12)16-13(17)15/h2-8H,1H3,(H2,15,16). The van der Waals surface area contributed by atoms with Crippen molar-refractivity contribution in [3.63, 3.8) is 0 Å². The maximum atomic E-state index is 13.9. The molecule has 0 fully saturated rings. The van der Waals surface area contributed by atoms with E-state index < -0.39 is 0 Å². The van der Waals surface area contributed by atoms with Crippen molar-refractivity contribution in [1.82, 2.24) is 9.55 Å². The van der Waals surface area contributed by atoms with Gasteiger partial charge in [0, 0.05) is 0 Å². The fourth-order valence-corrected chi connectivity index (χ4v) is 2.17. The van der Waals surface area contributed by atoms with Gasteiger partial charge in [-0.05, 0) is 31.2 Å². The molecule has 0 aliphatic carbocycles. The third kappa shape index (κ3) is 1.48. The van der Waals surface area contributed by atoms with Crippen LogP contribution in [0.3, 0.4) is 0 Å². The molecule has 0 spiro atoms. The molecule has 2 heterocycles. The van der Waals surface area contributed by atoms with Gasteiger partial charge in [0.05, 0.1) is 17.8 Å². The highest BCUT2D eigenvalue weighted by atomic mass is 19.1. The predicted octanol–water partition coefficient (Wildman–Crippen LogP) is 2.96. The van der Waals surface area contributed by atoms with Crippen LogP contribution in [0, 0.1) is 5.82 Å². The van der Waals surface area contributed by atoms with E-state index in [-0.39, 0.29) is 17.8 Å². The molecule has 5 heteroatoms. The monoisotopic (exact) mass is 245 g/mol. The zero-order chi connectivity index (χ0) is 12.7. The number of aromatic nitrogens is 2. The van der Waals surface area contributed by atoms with Crippen LogP contribution in [0.15, 0.2) is 41.0 Å². The van der Waals surface area contributed by atoms with Crippen LogP contribution in [0.1, 0.15) is 18.7 Å². The molecule has 1 unspecified atom stereocenters. The zero-order valence-electron chi connectivity index (χ0n) is 9.80. The maximum absolute atomic E-state index is 13.9. The minimum Gasteiger partial charge on any atom is -0.467 e. The van der Waals surface area contributed by atoms with Gasteiger partial charge in [-0.1, -0.05) is 6.07 Å². The predicted molar refractivity (Wildman–Crippen MR) is 66.6 cm³/mol. The Balaban J connectivity index is 2.25. The first-order chi connectivity index (χ1) is 8.68. The minimum absolute atomic E-state index is 0.207. The molecule has 18 heavy (non-hydrogen) atoms. The second-order valence-corrected chi connectivity index (χ2v) is 4.14. The maximum Gasteiger partial charge on any atom is 0.201 e. The SMILES string of the molecule is CC(c1ccco1)n1c(N)nc2cccc(F)c21. The number of nitrogen functional groups attached to an aromatic ring is 1. The number of benzene rings is 1. The summed E-state index contributed by atoms with van der Waals surface area (Å²) in [6, 6.07) is 8.16. The normalized spacial score (nSPS) is 13.0. The van der Waals surface area contributed by atoms with E-state index in [1.165, 1.54) is 6.07 Å². The molecule has 0 saturated heterocycles. The third-order valence-corrected chi connectivity index (χ3v) is 3.03. The summed E-state index contributed by atoms with van der Waals surface area (Å²) in [7, 11) is 0. The van der Waals surface area contributed by atoms with Gasteiger partial charge < -0.3 is 10.2 Å². The summed E-state index contributed by atoms with van der Waals surface area (Å²) in [6.45, 7) is 1.89. The highest BCUT2D eigenvalue weighted by Gasteiger charge is 2.19. The third-order valence-electron chi connectivity index (χ3n) is 3.03. The molecule has 3 rings (SSSR count). The number of hydrogen-bond donors (Lipinski definition) is 1. The van der Waals surface area contributed by atoms with Gasteiger partial charge in [-0.25, -0.2) is 9.37 Å². The Hall–Kier alpha value is -2.30. The van der Waals surface area contributed by atoms with Crippen molar-refractivity contribution in [1.29, 1.82) is 0 Å². The van der Waals surface area contributed by atoms with Crippen LogP contribution >= 0.6 is 0 Å². The van der Waals surface area contributed by atoms with Crippen LogP contribution in [-0.2, 0) is 0 Å². The summed E-state index contributed by atoms with van der Waals surface area (Å²) in [4.78, 5) is 4.16. The van der Waals surface area contributed by atoms with E-state index >= 15 is 0 Å². The van der Waals surface area contributed by atoms with Crippen molar-refractivity contribution in [3.05, 3.63) is 48.2 Å². The van der Waals surface area contributed by atoms with Gasteiger partial charge in [0.1, 0.15) is 17.1 Å². The number of nitrogens with two attached hydrogens (primary N) is 1. The number of hydrogen-bond acceptors (Lipinski definition) is 3. The Bertz CT molecular complexity index is 688. The molecule has 0 bridgehead atoms. The Kier molecular flexibility index (Phi) is 2.33. The lowest BCUT2D eigenvalue weighted by Crippen LogP contribution is -2.10. The molecule has 2 N–H and O–H groups in total. The Morgan fingerprint density at radius 2 is 2.17 bits per heavy atom. The van der Waals surface area contributed by atoms with E-state index in [0.717, 1.165) is 0 Å². The van der Waals surface area contributed by atoms with E-state index in [4.69, 9.17) is 10.2 Å². The number of anilines is 1. The highest BCUT2D eigenvalue weighted by Crippen LogP contribution is 2.28. The van der Waals surface area contributed by atoms with Crippen molar-refractivity contribution >= 4 is 17.0 Å². The van der Waals surface area contributed by atoms with E-state index in [2.05, 4.69) is 4.98 Å². The molecule has 0 aliphatic rings. The Labute approximate surface area is 103 Å². The van der Waals surface area contributed by atoms with Crippen molar-refractivity contribution in [3.8, 4) is 0 Å². The molecule has 0 radical (unpaired) electrons. The average molecular weight is 245 g/mol. The summed E-state index contributed by atoms with van der Waals surface area (Å²) in [6.07, 6.45) is 1.58. The topological polar surface area (TPSA) is 57.0 Å². The number of imidazole rings is 1. The van der Waals surface area contributed by atoms with Gasteiger partial charge in [0.15, 0.2) is 0 Å². The first kappa shape index (κ1) is 10.8. The Morgan fingerprint density at radius 1 is 1.33 bits per heavy atom. The lowest BCUT2D eigenvalue weighted by atomic mass is 10.2. The summed E-state index contributed by atoms with van der Waals surface area (Å²) < 4.78 is 20.9. The number of nitrogens with zero attached hydrogens (tertiary/aromatic N) is 2. The minimum atomic E-state index is -0.338. The largest absolute Gasteiger partial charge is 0.467 e. The second-order valence-electron chi connectivity index (χ2n) is 4.14. The van der Waals surface area contributed by atoms with E-state index in [1.807, 2.05) is 13.0 Å². The lowest BCUT2D eigenvalue weighted by molar-refractivity contribution is 0.451. The van der Waals surface area contributed by atoms with Crippen molar-refractivity contribution in [2.24, 2.45) is 0 Å². The molecule has 0 amide bonds. The van der Waals surface area contributed by atoms with Gasteiger partial charge in [0.25, 0.3) is 0 Å². The van der Waals surface area contributed by atoms with Gasteiger partial charge >= 0.3 is 0 Å². The molecule has 4 nitrogen and oxygen atoms in total. The number of fused-ring (bicyclic) bond motifs is 1. The number of halogens is 1. The number of furan rings is 1. The molecule has 3 aromatic rings. The van der Waals surface area contributed by atoms with E-state index in [0.29, 0.717) is 16.8 Å². The van der Waals surface area contributed by atoms with Crippen LogP contribution in [-0.4, -0.2) is 9.55 Å². The number of para-hydroxylation sites is 1. The second kappa shape index (κ2) is 3.87. The van der Waals surface area contributed by atoms with Gasteiger partial charge in [-0.15, -0.1) is 0 Å². The molecule has 1 aromatic carbocycles. The van der Waals surface area contributed by atoms with E-state index in [9.17, 15) is 4.39 Å². The average Bonchev–Trinajstić information content (AvgIpc) is 2.95. The van der Waals surface area contributed by atoms with Crippen molar-refractivity contribution < 1.29 is 8.81 Å². The van der Waals surface area contributed by atoms with Crippen LogP contribution in [0.4, 0.5) is 10.3 Å². The molecule has 1 atom stereocenters. The van der Waals surface area contributed by atoms with Crippen molar-refractivity contribution in [2.45, 2.75) is 13.0 Å². The fourth-order valence-electron chi connectivity index (χ4n) is 2.17. The quantitative estimate of drug-likeness (QED) is 0.755. The van der Waals surface area contributed by atoms with Crippen LogP contribution in [0.25, 0.3) is 11.0 Å². The highest BCUT2D eigenvalue weighted by molar-refractivity contribution is 5.79. The summed E-state index contributed by atoms with van der Waals surface area (Å²) in [5.41, 5.74) is 6.82. The van der Waals surface area contributed by atoms with Crippen LogP contribution in [0.2, 0.25) is 0 Å². The van der Waals surface area contributed by atoms with Crippen molar-refractivity contribution in [2.75, 3.05) is 5.73 Å². The van der Waals surface area contributed by atoms with Gasteiger partial charge in [-0.2, -0.15) is 0 Å². The van der Waals surface area contributed by atoms with Gasteiger partial charge in [0.2, 0.25) is 5.95 Å². The molecular weight excluding hydrogens is 233 g/mol. The Morgan fingerprint density at radius 3 is 2.89 bits per heavy atom. The molecule has 0 aliphatic heterocycles. The first-order valence-corrected chi connectivity index (χ1v) is 5.64. The summed E-state index contributed by atoms with van der Waals surface area (Å²) in [5, 5.41) is 0.